The Morgan fingerprint density at radius 2 is 1.79 bits per heavy atom. The van der Waals surface area contributed by atoms with Crippen LogP contribution < -0.4 is 5.73 Å². The van der Waals surface area contributed by atoms with Crippen LogP contribution in [0.4, 0.5) is 0 Å². The third-order valence-electron chi connectivity index (χ3n) is 5.55. The molecule has 7 heteroatoms. The quantitative estimate of drug-likeness (QED) is 0.627. The highest BCUT2D eigenvalue weighted by atomic mass is 32.2. The average molecular weight is 398 g/mol. The molecule has 2 heterocycles. The predicted molar refractivity (Wildman–Crippen MR) is 109 cm³/mol. The van der Waals surface area contributed by atoms with E-state index >= 15 is 0 Å². The number of H-pyrrole nitrogens is 1. The number of hydrogen-bond donors (Lipinski definition) is 3. The van der Waals surface area contributed by atoms with Crippen LogP contribution in [0, 0.1) is 0 Å². The number of hydrogen-bond acceptors (Lipinski definition) is 4. The number of nitrogens with two attached hydrogens (primary N) is 1. The van der Waals surface area contributed by atoms with Crippen molar-refractivity contribution in [2.45, 2.75) is 25.4 Å². The van der Waals surface area contributed by atoms with Gasteiger partial charge in [0, 0.05) is 11.6 Å². The number of aromatic nitrogens is 1. The molecule has 1 aromatic heterocycles. The van der Waals surface area contributed by atoms with Crippen molar-refractivity contribution in [1.29, 1.82) is 0 Å². The Morgan fingerprint density at radius 3 is 2.39 bits per heavy atom. The first-order valence-corrected chi connectivity index (χ1v) is 11.1. The van der Waals surface area contributed by atoms with Crippen LogP contribution in [-0.4, -0.2) is 35.9 Å². The summed E-state index contributed by atoms with van der Waals surface area (Å²) in [6.07, 6.45) is 3.03. The van der Waals surface area contributed by atoms with Gasteiger partial charge in [0.1, 0.15) is 9.84 Å². The molecule has 0 unspecified atom stereocenters. The van der Waals surface area contributed by atoms with Crippen molar-refractivity contribution in [3.05, 3.63) is 59.3 Å². The number of rotatable bonds is 4. The molecular weight excluding hydrogens is 376 g/mol. The molecule has 1 aliphatic rings. The van der Waals surface area contributed by atoms with E-state index in [9.17, 15) is 18.3 Å². The smallest absolute Gasteiger partial charge is 0.250 e. The molecule has 1 saturated heterocycles. The molecule has 3 aromatic rings. The number of carbonyl (C=O) groups is 1. The maximum Gasteiger partial charge on any atom is 0.250 e. The summed E-state index contributed by atoms with van der Waals surface area (Å²) in [5.74, 6) is -0.00606. The molecular formula is C21H22N2O4S. The molecule has 146 valence electrons. The second-order valence-corrected chi connectivity index (χ2v) is 9.64. The first-order chi connectivity index (χ1) is 13.4. The lowest BCUT2D eigenvalue weighted by Gasteiger charge is -2.21. The number of aliphatic hydroxyl groups excluding tert-OH is 1. The van der Waals surface area contributed by atoms with Crippen molar-refractivity contribution >= 4 is 26.6 Å². The number of nitrogens with one attached hydrogen (secondary N) is 1. The normalized spacial score (nSPS) is 17.0. The summed E-state index contributed by atoms with van der Waals surface area (Å²) in [5, 5.41) is 10.1. The van der Waals surface area contributed by atoms with Crippen LogP contribution in [0.1, 0.15) is 40.2 Å². The van der Waals surface area contributed by atoms with Crippen LogP contribution in [-0.2, 0) is 16.4 Å². The van der Waals surface area contributed by atoms with Gasteiger partial charge in [0.15, 0.2) is 0 Å². The molecule has 0 radical (unpaired) electrons. The van der Waals surface area contributed by atoms with E-state index in [0.717, 1.165) is 27.6 Å². The Kier molecular flexibility index (Phi) is 4.72. The molecule has 4 rings (SSSR count). The predicted octanol–water partition coefficient (Wildman–Crippen LogP) is 2.72. The molecule has 0 aliphatic carbocycles. The number of aromatic amines is 1. The van der Waals surface area contributed by atoms with E-state index in [1.807, 2.05) is 36.5 Å². The van der Waals surface area contributed by atoms with E-state index in [0.29, 0.717) is 23.9 Å². The SMILES string of the molecule is NC(=O)c1cc(-c2ccc(CO)cc2)cc2c(C3CCS(=O)(=O)CC3)c[nH]c12. The highest BCUT2D eigenvalue weighted by Crippen LogP contribution is 2.37. The van der Waals surface area contributed by atoms with Gasteiger partial charge >= 0.3 is 0 Å². The van der Waals surface area contributed by atoms with Crippen LogP contribution in [0.3, 0.4) is 0 Å². The molecule has 0 spiro atoms. The van der Waals surface area contributed by atoms with E-state index in [4.69, 9.17) is 5.73 Å². The summed E-state index contributed by atoms with van der Waals surface area (Å²) in [4.78, 5) is 15.2. The van der Waals surface area contributed by atoms with Gasteiger partial charge in [-0.25, -0.2) is 8.42 Å². The number of amides is 1. The number of fused-ring (bicyclic) bond motifs is 1. The molecule has 28 heavy (non-hydrogen) atoms. The highest BCUT2D eigenvalue weighted by Gasteiger charge is 2.27. The van der Waals surface area contributed by atoms with E-state index in [1.165, 1.54) is 0 Å². The number of primary amides is 1. The molecule has 0 bridgehead atoms. The molecule has 1 aliphatic heterocycles. The van der Waals surface area contributed by atoms with Gasteiger partial charge in [0.2, 0.25) is 0 Å². The number of sulfone groups is 1. The monoisotopic (exact) mass is 398 g/mol. The molecule has 6 nitrogen and oxygen atoms in total. The highest BCUT2D eigenvalue weighted by molar-refractivity contribution is 7.91. The van der Waals surface area contributed by atoms with Crippen molar-refractivity contribution in [3.63, 3.8) is 0 Å². The Bertz CT molecular complexity index is 1130. The summed E-state index contributed by atoms with van der Waals surface area (Å²) in [6.45, 7) is -0.0294. The maximum atomic E-state index is 12.1. The lowest BCUT2D eigenvalue weighted by Crippen LogP contribution is -2.22. The van der Waals surface area contributed by atoms with Crippen LogP contribution in [0.5, 0.6) is 0 Å². The van der Waals surface area contributed by atoms with Crippen LogP contribution in [0.2, 0.25) is 0 Å². The van der Waals surface area contributed by atoms with E-state index in [-0.39, 0.29) is 24.0 Å². The van der Waals surface area contributed by atoms with Crippen molar-refractivity contribution in [1.82, 2.24) is 4.98 Å². The fourth-order valence-corrected chi connectivity index (χ4v) is 5.45. The zero-order valence-electron chi connectivity index (χ0n) is 15.3. The van der Waals surface area contributed by atoms with E-state index in [1.54, 1.807) is 6.07 Å². The first kappa shape index (κ1) is 18.7. The van der Waals surface area contributed by atoms with Gasteiger partial charge in [0.25, 0.3) is 5.91 Å². The van der Waals surface area contributed by atoms with Gasteiger partial charge in [-0.15, -0.1) is 0 Å². The topological polar surface area (TPSA) is 113 Å². The molecule has 1 fully saturated rings. The lowest BCUT2D eigenvalue weighted by atomic mass is 9.90. The number of benzene rings is 2. The van der Waals surface area contributed by atoms with Gasteiger partial charge in [0.05, 0.1) is 29.2 Å². The van der Waals surface area contributed by atoms with E-state index in [2.05, 4.69) is 4.98 Å². The first-order valence-electron chi connectivity index (χ1n) is 9.23. The molecule has 1 amide bonds. The largest absolute Gasteiger partial charge is 0.392 e. The van der Waals surface area contributed by atoms with Crippen LogP contribution in [0.25, 0.3) is 22.0 Å². The summed E-state index contributed by atoms with van der Waals surface area (Å²) < 4.78 is 23.6. The third kappa shape index (κ3) is 3.43. The summed E-state index contributed by atoms with van der Waals surface area (Å²) in [5.41, 5.74) is 10.3. The minimum absolute atomic E-state index is 0.0294. The standard InChI is InChI=1S/C21H22N2O4S/c22-21(25)18-10-16(14-3-1-13(12-24)2-4-14)9-17-19(11-23-20(17)18)15-5-7-28(26,27)8-6-15/h1-4,9-11,15,23-24H,5-8,12H2,(H2,22,25). The minimum Gasteiger partial charge on any atom is -0.392 e. The fraction of sp³-hybridized carbons (Fsp3) is 0.286. The number of carbonyl (C=O) groups excluding carboxylic acids is 1. The Hall–Kier alpha value is -2.64. The van der Waals surface area contributed by atoms with Gasteiger partial charge in [-0.3, -0.25) is 4.79 Å². The average Bonchev–Trinajstić information content (AvgIpc) is 3.11. The van der Waals surface area contributed by atoms with Gasteiger partial charge in [-0.1, -0.05) is 24.3 Å². The molecule has 2 aromatic carbocycles. The van der Waals surface area contributed by atoms with E-state index < -0.39 is 15.7 Å². The van der Waals surface area contributed by atoms with Gasteiger partial charge in [-0.05, 0) is 53.1 Å². The third-order valence-corrected chi connectivity index (χ3v) is 7.27. The summed E-state index contributed by atoms with van der Waals surface area (Å²) >= 11 is 0. The molecule has 4 N–H and O–H groups in total. The Labute approximate surface area is 163 Å². The lowest BCUT2D eigenvalue weighted by molar-refractivity contribution is 0.100. The van der Waals surface area contributed by atoms with Gasteiger partial charge in [-0.2, -0.15) is 0 Å². The summed E-state index contributed by atoms with van der Waals surface area (Å²) in [6, 6.07) is 11.3. The molecule has 0 saturated carbocycles. The Morgan fingerprint density at radius 1 is 1.11 bits per heavy atom. The fourth-order valence-electron chi connectivity index (χ4n) is 3.96. The second kappa shape index (κ2) is 7.07. The zero-order chi connectivity index (χ0) is 19.9. The van der Waals surface area contributed by atoms with Crippen molar-refractivity contribution in [2.75, 3.05) is 11.5 Å². The zero-order valence-corrected chi connectivity index (χ0v) is 16.1. The van der Waals surface area contributed by atoms with Crippen molar-refractivity contribution in [2.24, 2.45) is 5.73 Å². The van der Waals surface area contributed by atoms with Crippen LogP contribution in [0.15, 0.2) is 42.6 Å². The summed E-state index contributed by atoms with van der Waals surface area (Å²) in [7, 11) is -2.94. The molecule has 0 atom stereocenters. The number of aliphatic hydroxyl groups is 1. The second-order valence-electron chi connectivity index (χ2n) is 7.34. The van der Waals surface area contributed by atoms with Gasteiger partial charge < -0.3 is 15.8 Å². The minimum atomic E-state index is -2.94. The maximum absolute atomic E-state index is 12.1. The van der Waals surface area contributed by atoms with Crippen LogP contribution >= 0.6 is 0 Å². The van der Waals surface area contributed by atoms with Crippen molar-refractivity contribution in [3.8, 4) is 11.1 Å². The Balaban J connectivity index is 1.82. The van der Waals surface area contributed by atoms with Crippen molar-refractivity contribution < 1.29 is 18.3 Å².